The van der Waals surface area contributed by atoms with Crippen molar-refractivity contribution in [2.24, 2.45) is 0 Å². The number of nitrogens with one attached hydrogen (secondary N) is 1. The first-order valence-corrected chi connectivity index (χ1v) is 8.42. The van der Waals surface area contributed by atoms with Gasteiger partial charge in [0.15, 0.2) is 0 Å². The quantitative estimate of drug-likeness (QED) is 0.660. The number of carbonyl (C=O) groups is 1. The van der Waals surface area contributed by atoms with E-state index in [1.54, 1.807) is 18.2 Å². The minimum absolute atomic E-state index is 0.0139. The Morgan fingerprint density at radius 1 is 1.08 bits per heavy atom. The number of hydrogen-bond donors (Lipinski definition) is 1. The van der Waals surface area contributed by atoms with Crippen LogP contribution in [-0.2, 0) is 4.79 Å². The zero-order chi connectivity index (χ0) is 19.3. The topological polar surface area (TPSA) is 29.1 Å². The molecule has 2 atom stereocenters. The highest BCUT2D eigenvalue weighted by atomic mass is 19.4. The second kappa shape index (κ2) is 8.45. The summed E-state index contributed by atoms with van der Waals surface area (Å²) < 4.78 is 54.4. The van der Waals surface area contributed by atoms with Crippen LogP contribution in [0.3, 0.4) is 0 Å². The maximum atomic E-state index is 13.8. The maximum absolute atomic E-state index is 13.8. The van der Waals surface area contributed by atoms with Gasteiger partial charge in [0.05, 0.1) is 6.04 Å². The minimum atomic E-state index is -4.55. The first-order valence-electron chi connectivity index (χ1n) is 8.42. The van der Waals surface area contributed by atoms with E-state index in [4.69, 9.17) is 0 Å². The van der Waals surface area contributed by atoms with Crippen molar-refractivity contribution in [1.29, 1.82) is 0 Å². The van der Waals surface area contributed by atoms with E-state index in [-0.39, 0.29) is 11.3 Å². The van der Waals surface area contributed by atoms with Gasteiger partial charge < -0.3 is 0 Å². The van der Waals surface area contributed by atoms with Gasteiger partial charge in [-0.1, -0.05) is 55.8 Å². The summed E-state index contributed by atoms with van der Waals surface area (Å²) in [7, 11) is 0. The molecule has 26 heavy (non-hydrogen) atoms. The van der Waals surface area contributed by atoms with Crippen LogP contribution in [0.1, 0.15) is 38.3 Å². The summed E-state index contributed by atoms with van der Waals surface area (Å²) >= 11 is 0. The monoisotopic (exact) mass is 367 g/mol. The molecule has 0 spiro atoms. The Morgan fingerprint density at radius 2 is 1.69 bits per heavy atom. The summed E-state index contributed by atoms with van der Waals surface area (Å²) in [5.74, 6) is -0.769. The number of Topliss-reactive ketones (excluding diaryl/α,β-unsaturated/α-hetero) is 1. The summed E-state index contributed by atoms with van der Waals surface area (Å²) in [4.78, 5) is 11.6. The van der Waals surface area contributed by atoms with Gasteiger partial charge in [0.25, 0.3) is 0 Å². The molecule has 6 heteroatoms. The van der Waals surface area contributed by atoms with Crippen LogP contribution < -0.4 is 5.32 Å². The van der Waals surface area contributed by atoms with Crippen LogP contribution in [-0.4, -0.2) is 18.0 Å². The lowest BCUT2D eigenvalue weighted by Gasteiger charge is -2.26. The largest absolute Gasteiger partial charge is 0.407 e. The molecule has 0 saturated carbocycles. The Hall–Kier alpha value is -2.21. The lowest BCUT2D eigenvalue weighted by Crippen LogP contribution is -2.43. The number of carbonyl (C=O) groups excluding carboxylic acids is 1. The molecule has 140 valence electrons. The molecule has 2 nitrogen and oxygen atoms in total. The predicted octanol–water partition coefficient (Wildman–Crippen LogP) is 5.44. The van der Waals surface area contributed by atoms with Crippen molar-refractivity contribution >= 4 is 5.78 Å². The minimum Gasteiger partial charge on any atom is -0.298 e. The van der Waals surface area contributed by atoms with Gasteiger partial charge in [0.2, 0.25) is 0 Å². The average molecular weight is 367 g/mol. The average Bonchev–Trinajstić information content (AvgIpc) is 2.58. The third-order valence-corrected chi connectivity index (χ3v) is 4.19. The molecule has 2 aromatic rings. The fourth-order valence-electron chi connectivity index (χ4n) is 2.82. The van der Waals surface area contributed by atoms with Gasteiger partial charge in [0, 0.05) is 5.56 Å². The highest BCUT2D eigenvalue weighted by Crippen LogP contribution is 2.34. The molecule has 0 aliphatic heterocycles. The highest BCUT2D eigenvalue weighted by molar-refractivity contribution is 5.81. The lowest BCUT2D eigenvalue weighted by atomic mass is 9.98. The Morgan fingerprint density at radius 3 is 2.19 bits per heavy atom. The summed E-state index contributed by atoms with van der Waals surface area (Å²) in [6.07, 6.45) is -3.63. The van der Waals surface area contributed by atoms with Crippen LogP contribution in [0.5, 0.6) is 0 Å². The maximum Gasteiger partial charge on any atom is 0.407 e. The Labute approximate surface area is 150 Å². The number of hydrogen-bond acceptors (Lipinski definition) is 2. The fraction of sp³-hybridized carbons (Fsp3) is 0.350. The first-order chi connectivity index (χ1) is 12.2. The predicted molar refractivity (Wildman–Crippen MR) is 93.1 cm³/mol. The van der Waals surface area contributed by atoms with Gasteiger partial charge in [-0.2, -0.15) is 13.2 Å². The summed E-state index contributed by atoms with van der Waals surface area (Å²) in [6, 6.07) is 8.79. The molecule has 0 saturated heterocycles. The lowest BCUT2D eigenvalue weighted by molar-refractivity contribution is -0.160. The molecule has 0 aromatic heterocycles. The van der Waals surface area contributed by atoms with Crippen molar-refractivity contribution in [1.82, 2.24) is 5.32 Å². The third-order valence-electron chi connectivity index (χ3n) is 4.19. The number of benzene rings is 2. The van der Waals surface area contributed by atoms with Crippen LogP contribution >= 0.6 is 0 Å². The van der Waals surface area contributed by atoms with Crippen molar-refractivity contribution in [2.75, 3.05) is 0 Å². The second-order valence-corrected chi connectivity index (χ2v) is 6.20. The van der Waals surface area contributed by atoms with Crippen LogP contribution in [0.15, 0.2) is 48.5 Å². The van der Waals surface area contributed by atoms with Crippen molar-refractivity contribution in [3.8, 4) is 11.1 Å². The summed E-state index contributed by atoms with van der Waals surface area (Å²) in [5, 5.41) is 2.43. The molecule has 0 radical (unpaired) electrons. The number of alkyl halides is 3. The van der Waals surface area contributed by atoms with Gasteiger partial charge in [-0.15, -0.1) is 0 Å². The number of halogens is 4. The first kappa shape index (κ1) is 20.1. The van der Waals surface area contributed by atoms with Crippen LogP contribution in [0, 0.1) is 5.82 Å². The molecule has 1 unspecified atom stereocenters. The highest BCUT2D eigenvalue weighted by Gasteiger charge is 2.42. The van der Waals surface area contributed by atoms with E-state index in [0.29, 0.717) is 24.0 Å². The molecule has 1 N–H and O–H groups in total. The van der Waals surface area contributed by atoms with Gasteiger partial charge in [-0.05, 0) is 30.5 Å². The Kier molecular flexibility index (Phi) is 6.53. The molecular weight excluding hydrogens is 346 g/mol. The Balaban J connectivity index is 2.32. The van der Waals surface area contributed by atoms with E-state index in [0.717, 1.165) is 0 Å². The SMILES string of the molecule is CCCC(N[C@@H](c1ccc(-c2ccccc2F)cc1)C(F)(F)F)C(C)=O. The number of ketones is 1. The van der Waals surface area contributed by atoms with Crippen molar-refractivity contribution in [3.63, 3.8) is 0 Å². The van der Waals surface area contributed by atoms with E-state index in [1.807, 2.05) is 6.92 Å². The zero-order valence-electron chi connectivity index (χ0n) is 14.6. The number of rotatable bonds is 7. The van der Waals surface area contributed by atoms with Gasteiger partial charge >= 0.3 is 6.18 Å². The standard InChI is InChI=1S/C20H21F4NO/c1-3-6-18(13(2)26)25-19(20(22,23)24)15-11-9-14(10-12-15)16-7-4-5-8-17(16)21/h4-5,7-12,18-19,25H,3,6H2,1-2H3/t18?,19-/m0/s1. The molecule has 2 aromatic carbocycles. The molecule has 0 fully saturated rings. The van der Waals surface area contributed by atoms with E-state index in [9.17, 15) is 22.4 Å². The Bertz CT molecular complexity index is 740. The van der Waals surface area contributed by atoms with Crippen LogP contribution in [0.4, 0.5) is 17.6 Å². The molecule has 0 aliphatic carbocycles. The fourth-order valence-corrected chi connectivity index (χ4v) is 2.82. The normalized spacial score (nSPS) is 14.1. The molecule has 2 rings (SSSR count). The van der Waals surface area contributed by atoms with E-state index < -0.39 is 24.1 Å². The smallest absolute Gasteiger partial charge is 0.298 e. The van der Waals surface area contributed by atoms with Gasteiger partial charge in [-0.25, -0.2) is 4.39 Å². The van der Waals surface area contributed by atoms with Crippen molar-refractivity contribution in [2.45, 2.75) is 44.9 Å². The molecule has 0 heterocycles. The van der Waals surface area contributed by atoms with E-state index in [2.05, 4.69) is 5.32 Å². The zero-order valence-corrected chi connectivity index (χ0v) is 14.6. The molecule has 0 aliphatic rings. The second-order valence-electron chi connectivity index (χ2n) is 6.20. The van der Waals surface area contributed by atoms with E-state index in [1.165, 1.54) is 37.3 Å². The van der Waals surface area contributed by atoms with Crippen LogP contribution in [0.25, 0.3) is 11.1 Å². The van der Waals surface area contributed by atoms with Crippen molar-refractivity contribution in [3.05, 3.63) is 59.9 Å². The van der Waals surface area contributed by atoms with Crippen LogP contribution in [0.2, 0.25) is 0 Å². The van der Waals surface area contributed by atoms with E-state index >= 15 is 0 Å². The van der Waals surface area contributed by atoms with Gasteiger partial charge in [-0.3, -0.25) is 10.1 Å². The van der Waals surface area contributed by atoms with Crippen molar-refractivity contribution < 1.29 is 22.4 Å². The molecule has 0 amide bonds. The third kappa shape index (κ3) is 4.91. The summed E-state index contributed by atoms with van der Waals surface area (Å²) in [5.41, 5.74) is 0.799. The molecule has 0 bridgehead atoms. The molecular formula is C20H21F4NO. The summed E-state index contributed by atoms with van der Waals surface area (Å²) in [6.45, 7) is 3.09. The van der Waals surface area contributed by atoms with Gasteiger partial charge in [0.1, 0.15) is 17.6 Å².